The van der Waals surface area contributed by atoms with Crippen LogP contribution >= 0.6 is 0 Å². The molecule has 28 heavy (non-hydrogen) atoms. The van der Waals surface area contributed by atoms with Crippen LogP contribution in [-0.2, 0) is 9.53 Å². The molecule has 1 aromatic carbocycles. The van der Waals surface area contributed by atoms with Crippen LogP contribution in [0.3, 0.4) is 0 Å². The first kappa shape index (κ1) is 23.3. The van der Waals surface area contributed by atoms with Crippen LogP contribution in [0.15, 0.2) is 24.3 Å². The monoisotopic (exact) mass is 393 g/mol. The summed E-state index contributed by atoms with van der Waals surface area (Å²) in [5, 5.41) is 5.59. The van der Waals surface area contributed by atoms with E-state index in [4.69, 9.17) is 9.47 Å². The Kier molecular flexibility index (Phi) is 9.84. The van der Waals surface area contributed by atoms with Gasteiger partial charge in [-0.2, -0.15) is 0 Å². The summed E-state index contributed by atoms with van der Waals surface area (Å²) in [5.74, 6) is 0.321. The molecule has 0 saturated heterocycles. The van der Waals surface area contributed by atoms with Gasteiger partial charge in [0.1, 0.15) is 5.75 Å². The molecule has 0 radical (unpaired) electrons. The molecular formula is C20H31N3O5. The van der Waals surface area contributed by atoms with Crippen molar-refractivity contribution in [3.05, 3.63) is 29.8 Å². The summed E-state index contributed by atoms with van der Waals surface area (Å²) in [5.41, 5.74) is 0.411. The Morgan fingerprint density at radius 2 is 1.89 bits per heavy atom. The lowest BCUT2D eigenvalue weighted by Gasteiger charge is -2.21. The van der Waals surface area contributed by atoms with E-state index >= 15 is 0 Å². The normalized spacial score (nSPS) is 11.5. The summed E-state index contributed by atoms with van der Waals surface area (Å²) < 4.78 is 10.3. The second-order valence-electron chi connectivity index (χ2n) is 7.01. The molecule has 0 fully saturated rings. The Hall–Kier alpha value is -2.77. The van der Waals surface area contributed by atoms with E-state index in [-0.39, 0.29) is 37.6 Å². The largest absolute Gasteiger partial charge is 0.484 e. The molecule has 0 aliphatic carbocycles. The second-order valence-corrected chi connectivity index (χ2v) is 7.01. The van der Waals surface area contributed by atoms with Gasteiger partial charge in [0.15, 0.2) is 6.61 Å². The molecule has 8 heteroatoms. The average molecular weight is 393 g/mol. The summed E-state index contributed by atoms with van der Waals surface area (Å²) in [6.07, 6.45) is 0.206. The molecule has 0 saturated carbocycles. The summed E-state index contributed by atoms with van der Waals surface area (Å²) in [6.45, 7) is 6.28. The highest BCUT2D eigenvalue weighted by atomic mass is 16.5. The SMILES string of the molecule is CCOC(=O)NC(CNC(=O)c1cccc(OCC(=O)N(C)C)c1)CC(C)C. The third-order valence-corrected chi connectivity index (χ3v) is 3.82. The third-order valence-electron chi connectivity index (χ3n) is 3.82. The van der Waals surface area contributed by atoms with Crippen LogP contribution in [0.4, 0.5) is 4.79 Å². The Bertz CT molecular complexity index is 661. The molecule has 0 heterocycles. The van der Waals surface area contributed by atoms with Crippen LogP contribution in [0.5, 0.6) is 5.75 Å². The van der Waals surface area contributed by atoms with Crippen molar-refractivity contribution in [2.75, 3.05) is 33.9 Å². The number of nitrogens with one attached hydrogen (secondary N) is 2. The predicted molar refractivity (Wildman–Crippen MR) is 106 cm³/mol. The van der Waals surface area contributed by atoms with E-state index in [0.717, 1.165) is 0 Å². The Morgan fingerprint density at radius 3 is 2.50 bits per heavy atom. The molecule has 1 rings (SSSR count). The van der Waals surface area contributed by atoms with E-state index in [2.05, 4.69) is 10.6 Å². The van der Waals surface area contributed by atoms with Crippen molar-refractivity contribution < 1.29 is 23.9 Å². The van der Waals surface area contributed by atoms with Crippen molar-refractivity contribution in [1.82, 2.24) is 15.5 Å². The summed E-state index contributed by atoms with van der Waals surface area (Å²) in [7, 11) is 3.29. The fraction of sp³-hybridized carbons (Fsp3) is 0.550. The van der Waals surface area contributed by atoms with Gasteiger partial charge in [0.2, 0.25) is 0 Å². The lowest BCUT2D eigenvalue weighted by molar-refractivity contribution is -0.130. The van der Waals surface area contributed by atoms with Crippen molar-refractivity contribution in [2.45, 2.75) is 33.2 Å². The molecule has 8 nitrogen and oxygen atoms in total. The van der Waals surface area contributed by atoms with Crippen molar-refractivity contribution >= 4 is 17.9 Å². The quantitative estimate of drug-likeness (QED) is 0.634. The van der Waals surface area contributed by atoms with Gasteiger partial charge >= 0.3 is 6.09 Å². The van der Waals surface area contributed by atoms with Gasteiger partial charge in [0.05, 0.1) is 6.61 Å². The van der Waals surface area contributed by atoms with Gasteiger partial charge in [-0.15, -0.1) is 0 Å². The zero-order valence-corrected chi connectivity index (χ0v) is 17.3. The van der Waals surface area contributed by atoms with E-state index in [9.17, 15) is 14.4 Å². The highest BCUT2D eigenvalue weighted by molar-refractivity contribution is 5.94. The predicted octanol–water partition coefficient (Wildman–Crippen LogP) is 2.04. The fourth-order valence-electron chi connectivity index (χ4n) is 2.42. The number of benzene rings is 1. The Morgan fingerprint density at radius 1 is 1.18 bits per heavy atom. The smallest absolute Gasteiger partial charge is 0.407 e. The Balaban J connectivity index is 2.65. The number of carbonyl (C=O) groups excluding carboxylic acids is 3. The topological polar surface area (TPSA) is 97.0 Å². The molecule has 0 aliphatic heterocycles. The van der Waals surface area contributed by atoms with E-state index in [0.29, 0.717) is 23.7 Å². The number of ether oxygens (including phenoxy) is 2. The van der Waals surface area contributed by atoms with Crippen LogP contribution in [-0.4, -0.2) is 62.7 Å². The first-order valence-corrected chi connectivity index (χ1v) is 9.37. The Labute approximate surface area is 166 Å². The molecule has 0 aliphatic rings. The van der Waals surface area contributed by atoms with E-state index in [1.54, 1.807) is 45.3 Å². The van der Waals surface area contributed by atoms with E-state index in [1.807, 2.05) is 13.8 Å². The zero-order chi connectivity index (χ0) is 21.1. The molecule has 1 atom stereocenters. The third kappa shape index (κ3) is 8.75. The first-order valence-electron chi connectivity index (χ1n) is 9.37. The minimum atomic E-state index is -0.497. The van der Waals surface area contributed by atoms with Gasteiger partial charge in [-0.05, 0) is 37.5 Å². The molecular weight excluding hydrogens is 362 g/mol. The molecule has 1 aromatic rings. The van der Waals surface area contributed by atoms with Crippen LogP contribution in [0.2, 0.25) is 0 Å². The molecule has 156 valence electrons. The molecule has 3 amide bonds. The number of nitrogens with zero attached hydrogens (tertiary/aromatic N) is 1. The molecule has 1 unspecified atom stereocenters. The van der Waals surface area contributed by atoms with E-state index in [1.165, 1.54) is 4.90 Å². The molecule has 0 spiro atoms. The number of hydrogen-bond donors (Lipinski definition) is 2. The summed E-state index contributed by atoms with van der Waals surface area (Å²) in [4.78, 5) is 37.2. The van der Waals surface area contributed by atoms with Gasteiger partial charge in [-0.3, -0.25) is 9.59 Å². The molecule has 0 aromatic heterocycles. The van der Waals surface area contributed by atoms with Crippen LogP contribution in [0, 0.1) is 5.92 Å². The van der Waals surface area contributed by atoms with Gasteiger partial charge < -0.3 is 25.0 Å². The average Bonchev–Trinajstić information content (AvgIpc) is 2.63. The van der Waals surface area contributed by atoms with Crippen molar-refractivity contribution in [3.63, 3.8) is 0 Å². The summed E-state index contributed by atoms with van der Waals surface area (Å²) >= 11 is 0. The maximum Gasteiger partial charge on any atom is 0.407 e. The van der Waals surface area contributed by atoms with E-state index < -0.39 is 6.09 Å². The number of hydrogen-bond acceptors (Lipinski definition) is 5. The molecule has 0 bridgehead atoms. The van der Waals surface area contributed by atoms with Crippen molar-refractivity contribution in [2.24, 2.45) is 5.92 Å². The number of rotatable bonds is 10. The second kappa shape index (κ2) is 11.8. The van der Waals surface area contributed by atoms with Crippen LogP contribution < -0.4 is 15.4 Å². The first-order chi connectivity index (χ1) is 13.2. The zero-order valence-electron chi connectivity index (χ0n) is 17.3. The van der Waals surface area contributed by atoms with Crippen LogP contribution in [0.25, 0.3) is 0 Å². The minimum Gasteiger partial charge on any atom is -0.484 e. The van der Waals surface area contributed by atoms with Crippen LogP contribution in [0.1, 0.15) is 37.6 Å². The standard InChI is InChI=1S/C20H31N3O5/c1-6-27-20(26)22-16(10-14(2)3)12-21-19(25)15-8-7-9-17(11-15)28-13-18(24)23(4)5/h7-9,11,14,16H,6,10,12-13H2,1-5H3,(H,21,25)(H,22,26). The minimum absolute atomic E-state index is 0.0992. The van der Waals surface area contributed by atoms with Gasteiger partial charge in [0, 0.05) is 32.2 Å². The highest BCUT2D eigenvalue weighted by Crippen LogP contribution is 2.13. The lowest BCUT2D eigenvalue weighted by atomic mass is 10.0. The van der Waals surface area contributed by atoms with Gasteiger partial charge in [0.25, 0.3) is 11.8 Å². The number of likely N-dealkylation sites (N-methyl/N-ethyl adjacent to an activating group) is 1. The number of alkyl carbamates (subject to hydrolysis) is 1. The lowest BCUT2D eigenvalue weighted by Crippen LogP contribution is -2.44. The number of amides is 3. The summed E-state index contributed by atoms with van der Waals surface area (Å²) in [6, 6.07) is 6.37. The maximum absolute atomic E-state index is 12.5. The van der Waals surface area contributed by atoms with Crippen molar-refractivity contribution in [3.8, 4) is 5.75 Å². The number of carbonyl (C=O) groups is 3. The van der Waals surface area contributed by atoms with Gasteiger partial charge in [-0.1, -0.05) is 19.9 Å². The highest BCUT2D eigenvalue weighted by Gasteiger charge is 2.17. The van der Waals surface area contributed by atoms with Crippen molar-refractivity contribution in [1.29, 1.82) is 0 Å². The molecule has 2 N–H and O–H groups in total. The fourth-order valence-corrected chi connectivity index (χ4v) is 2.42. The maximum atomic E-state index is 12.5. The van der Waals surface area contributed by atoms with Gasteiger partial charge in [-0.25, -0.2) is 4.79 Å².